The SMILES string of the molecule is COC1(CNC(=O)C(=O)Nc2ccc(C)c(C)c2)CCSC1. The number of anilines is 1. The molecule has 0 aliphatic carbocycles. The van der Waals surface area contributed by atoms with Crippen LogP contribution in [0, 0.1) is 13.8 Å². The Hall–Kier alpha value is -1.53. The highest BCUT2D eigenvalue weighted by molar-refractivity contribution is 7.99. The van der Waals surface area contributed by atoms with Crippen LogP contribution in [-0.2, 0) is 14.3 Å². The van der Waals surface area contributed by atoms with Gasteiger partial charge in [0, 0.05) is 25.1 Å². The third-order valence-electron chi connectivity index (χ3n) is 4.04. The van der Waals surface area contributed by atoms with Gasteiger partial charge in [-0.15, -0.1) is 0 Å². The number of thioether (sulfide) groups is 1. The van der Waals surface area contributed by atoms with E-state index < -0.39 is 11.8 Å². The van der Waals surface area contributed by atoms with Gasteiger partial charge < -0.3 is 15.4 Å². The summed E-state index contributed by atoms with van der Waals surface area (Å²) in [6.45, 7) is 4.32. The minimum absolute atomic E-state index is 0.346. The van der Waals surface area contributed by atoms with Gasteiger partial charge in [-0.1, -0.05) is 6.07 Å². The van der Waals surface area contributed by atoms with Crippen LogP contribution < -0.4 is 10.6 Å². The molecule has 2 rings (SSSR count). The molecule has 2 amide bonds. The molecule has 1 aromatic carbocycles. The van der Waals surface area contributed by atoms with E-state index >= 15 is 0 Å². The first-order valence-electron chi connectivity index (χ1n) is 7.25. The van der Waals surface area contributed by atoms with Crippen LogP contribution in [0.3, 0.4) is 0 Å². The van der Waals surface area contributed by atoms with Crippen LogP contribution in [0.4, 0.5) is 5.69 Å². The van der Waals surface area contributed by atoms with Gasteiger partial charge in [-0.25, -0.2) is 0 Å². The van der Waals surface area contributed by atoms with Gasteiger partial charge >= 0.3 is 11.8 Å². The average molecular weight is 322 g/mol. The van der Waals surface area contributed by atoms with Crippen LogP contribution in [0.2, 0.25) is 0 Å². The normalized spacial score (nSPS) is 20.7. The lowest BCUT2D eigenvalue weighted by molar-refractivity contribution is -0.136. The summed E-state index contributed by atoms with van der Waals surface area (Å²) < 4.78 is 5.51. The smallest absolute Gasteiger partial charge is 0.313 e. The fourth-order valence-corrected chi connectivity index (χ4v) is 3.69. The second kappa shape index (κ2) is 7.15. The molecule has 0 bridgehead atoms. The molecule has 1 aromatic rings. The zero-order chi connectivity index (χ0) is 16.2. The van der Waals surface area contributed by atoms with E-state index in [4.69, 9.17) is 4.74 Å². The second-order valence-corrected chi connectivity index (χ2v) is 6.73. The number of aryl methyl sites for hydroxylation is 2. The quantitative estimate of drug-likeness (QED) is 0.831. The summed E-state index contributed by atoms with van der Waals surface area (Å²) in [4.78, 5) is 23.9. The third kappa shape index (κ3) is 4.01. The van der Waals surface area contributed by atoms with Gasteiger partial charge in [0.15, 0.2) is 0 Å². The minimum atomic E-state index is -0.653. The van der Waals surface area contributed by atoms with Gasteiger partial charge in [0.05, 0.1) is 5.60 Å². The summed E-state index contributed by atoms with van der Waals surface area (Å²) in [7, 11) is 1.65. The molecule has 0 aromatic heterocycles. The van der Waals surface area contributed by atoms with Crippen LogP contribution >= 0.6 is 11.8 Å². The average Bonchev–Trinajstić information content (AvgIpc) is 2.98. The molecule has 1 atom stereocenters. The standard InChI is InChI=1S/C16H22N2O3S/c1-11-4-5-13(8-12(11)2)18-15(20)14(19)17-9-16(21-3)6-7-22-10-16/h4-5,8H,6-7,9-10H2,1-3H3,(H,17,19)(H,18,20). The molecule has 120 valence electrons. The first kappa shape index (κ1) is 16.8. The highest BCUT2D eigenvalue weighted by Gasteiger charge is 2.35. The Kier molecular flexibility index (Phi) is 5.47. The summed E-state index contributed by atoms with van der Waals surface area (Å²) in [6.07, 6.45) is 0.882. The van der Waals surface area contributed by atoms with Crippen LogP contribution in [0.5, 0.6) is 0 Å². The number of methoxy groups -OCH3 is 1. The Labute approximate surface area is 135 Å². The maximum Gasteiger partial charge on any atom is 0.313 e. The lowest BCUT2D eigenvalue weighted by Crippen LogP contribution is -2.47. The van der Waals surface area contributed by atoms with E-state index in [9.17, 15) is 9.59 Å². The zero-order valence-corrected chi connectivity index (χ0v) is 14.0. The van der Waals surface area contributed by atoms with Crippen molar-refractivity contribution in [1.29, 1.82) is 0 Å². The zero-order valence-electron chi connectivity index (χ0n) is 13.2. The van der Waals surface area contributed by atoms with Crippen molar-refractivity contribution >= 4 is 29.3 Å². The number of ether oxygens (including phenoxy) is 1. The van der Waals surface area contributed by atoms with Gasteiger partial charge in [-0.3, -0.25) is 9.59 Å². The highest BCUT2D eigenvalue weighted by Crippen LogP contribution is 2.30. The van der Waals surface area contributed by atoms with Crippen molar-refractivity contribution in [2.45, 2.75) is 25.9 Å². The lowest BCUT2D eigenvalue weighted by atomic mass is 10.0. The number of amides is 2. The van der Waals surface area contributed by atoms with Crippen LogP contribution in [0.1, 0.15) is 17.5 Å². The van der Waals surface area contributed by atoms with Gasteiger partial charge in [0.25, 0.3) is 0 Å². The van der Waals surface area contributed by atoms with Crippen LogP contribution in [0.25, 0.3) is 0 Å². The van der Waals surface area contributed by atoms with E-state index in [1.807, 2.05) is 26.0 Å². The van der Waals surface area contributed by atoms with E-state index in [2.05, 4.69) is 10.6 Å². The molecule has 6 heteroatoms. The van der Waals surface area contributed by atoms with E-state index in [-0.39, 0.29) is 5.60 Å². The van der Waals surface area contributed by atoms with Crippen molar-refractivity contribution in [3.63, 3.8) is 0 Å². The van der Waals surface area contributed by atoms with Crippen molar-refractivity contribution in [1.82, 2.24) is 5.32 Å². The van der Waals surface area contributed by atoms with Crippen LogP contribution in [0.15, 0.2) is 18.2 Å². The predicted octanol–water partition coefficient (Wildman–Crippen LogP) is 1.88. The van der Waals surface area contributed by atoms with E-state index in [0.717, 1.165) is 29.1 Å². The van der Waals surface area contributed by atoms with E-state index in [1.165, 1.54) is 0 Å². The monoisotopic (exact) mass is 322 g/mol. The molecule has 2 N–H and O–H groups in total. The van der Waals surface area contributed by atoms with Crippen LogP contribution in [-0.4, -0.2) is 42.6 Å². The molecule has 0 saturated carbocycles. The van der Waals surface area contributed by atoms with Gasteiger partial charge in [0.1, 0.15) is 0 Å². The number of carbonyl (C=O) groups excluding carboxylic acids is 2. The molecule has 0 spiro atoms. The summed E-state index contributed by atoms with van der Waals surface area (Å²) in [5.41, 5.74) is 2.49. The molecule has 1 aliphatic heterocycles. The second-order valence-electron chi connectivity index (χ2n) is 5.63. The molecule has 1 aliphatic rings. The molecular formula is C16H22N2O3S. The maximum atomic E-state index is 11.9. The molecule has 1 heterocycles. The van der Waals surface area contributed by atoms with Gasteiger partial charge in [0.2, 0.25) is 0 Å². The third-order valence-corrected chi connectivity index (χ3v) is 5.27. The first-order chi connectivity index (χ1) is 10.5. The first-order valence-corrected chi connectivity index (χ1v) is 8.40. The molecular weight excluding hydrogens is 300 g/mol. The maximum absolute atomic E-state index is 11.9. The van der Waals surface area contributed by atoms with Crippen molar-refractivity contribution in [2.75, 3.05) is 30.5 Å². The van der Waals surface area contributed by atoms with Crippen molar-refractivity contribution in [2.24, 2.45) is 0 Å². The summed E-state index contributed by atoms with van der Waals surface area (Å²) >= 11 is 1.79. The fourth-order valence-electron chi connectivity index (χ4n) is 2.29. The van der Waals surface area contributed by atoms with Crippen molar-refractivity contribution < 1.29 is 14.3 Å². The number of benzene rings is 1. The summed E-state index contributed by atoms with van der Waals surface area (Å²) in [5.74, 6) is 0.563. The van der Waals surface area contributed by atoms with Crippen molar-refractivity contribution in [3.05, 3.63) is 29.3 Å². The molecule has 1 unspecified atom stereocenters. The minimum Gasteiger partial charge on any atom is -0.376 e. The lowest BCUT2D eigenvalue weighted by Gasteiger charge is -2.26. The molecule has 22 heavy (non-hydrogen) atoms. The number of hydrogen-bond donors (Lipinski definition) is 2. The molecule has 5 nitrogen and oxygen atoms in total. The molecule has 0 radical (unpaired) electrons. The van der Waals surface area contributed by atoms with Gasteiger partial charge in [-0.2, -0.15) is 11.8 Å². The fraction of sp³-hybridized carbons (Fsp3) is 0.500. The molecule has 1 fully saturated rings. The van der Waals surface area contributed by atoms with E-state index in [0.29, 0.717) is 12.2 Å². The van der Waals surface area contributed by atoms with Gasteiger partial charge in [-0.05, 0) is 49.3 Å². The highest BCUT2D eigenvalue weighted by atomic mass is 32.2. The summed E-state index contributed by atoms with van der Waals surface area (Å²) in [5, 5.41) is 5.29. The number of carbonyl (C=O) groups is 2. The predicted molar refractivity (Wildman–Crippen MR) is 89.2 cm³/mol. The topological polar surface area (TPSA) is 67.4 Å². The Morgan fingerprint density at radius 1 is 1.27 bits per heavy atom. The van der Waals surface area contributed by atoms with Crippen molar-refractivity contribution in [3.8, 4) is 0 Å². The Morgan fingerprint density at radius 2 is 2.05 bits per heavy atom. The Balaban J connectivity index is 1.89. The number of nitrogens with one attached hydrogen (secondary N) is 2. The van der Waals surface area contributed by atoms with E-state index in [1.54, 1.807) is 24.9 Å². The largest absolute Gasteiger partial charge is 0.376 e. The summed E-state index contributed by atoms with van der Waals surface area (Å²) in [6, 6.07) is 5.56. The Bertz CT molecular complexity index is 569. The molecule has 1 saturated heterocycles. The Morgan fingerprint density at radius 3 is 2.64 bits per heavy atom. The number of rotatable bonds is 4. The number of hydrogen-bond acceptors (Lipinski definition) is 4.